The summed E-state index contributed by atoms with van der Waals surface area (Å²) in [5.74, 6) is 9.29. The first-order chi connectivity index (χ1) is 14.7. The Bertz CT molecular complexity index is 1030. The first kappa shape index (κ1) is 20.5. The van der Waals surface area contributed by atoms with Gasteiger partial charge in [-0.2, -0.15) is 0 Å². The lowest BCUT2D eigenvalue weighted by Gasteiger charge is -2.28. The van der Waals surface area contributed by atoms with Crippen molar-refractivity contribution in [3.8, 4) is 17.6 Å². The number of hydrogen-bond acceptors (Lipinski definition) is 1. The molecule has 0 amide bonds. The fourth-order valence-corrected chi connectivity index (χ4v) is 4.73. The van der Waals surface area contributed by atoms with Crippen molar-refractivity contribution in [1.82, 2.24) is 0 Å². The van der Waals surface area contributed by atoms with Gasteiger partial charge < -0.3 is 4.74 Å². The SMILES string of the molecule is CCC[C@H]1CC[C@H](c2ccc(C#Cc3ccc4cc(OCC)ccc4c3)cc2)CC1. The molecular formula is C29H32O. The summed E-state index contributed by atoms with van der Waals surface area (Å²) in [6.45, 7) is 5.00. The van der Waals surface area contributed by atoms with Gasteiger partial charge in [0, 0.05) is 11.1 Å². The molecule has 1 fully saturated rings. The molecule has 0 unspecified atom stereocenters. The van der Waals surface area contributed by atoms with Crippen molar-refractivity contribution in [3.05, 3.63) is 77.4 Å². The zero-order valence-corrected chi connectivity index (χ0v) is 18.3. The van der Waals surface area contributed by atoms with Gasteiger partial charge in [0.15, 0.2) is 0 Å². The summed E-state index contributed by atoms with van der Waals surface area (Å²) in [5, 5.41) is 2.38. The van der Waals surface area contributed by atoms with Gasteiger partial charge in [0.25, 0.3) is 0 Å². The fourth-order valence-electron chi connectivity index (χ4n) is 4.73. The van der Waals surface area contributed by atoms with Crippen molar-refractivity contribution >= 4 is 10.8 Å². The standard InChI is InChI=1S/C29H32O/c1-3-5-22-8-13-25(14-9-22)26-15-10-23(11-16-26)6-7-24-12-17-28-21-29(30-4-2)19-18-27(28)20-24/h10-12,15-22,25H,3-5,8-9,13-14H2,1-2H3/t22-,25-. The van der Waals surface area contributed by atoms with Gasteiger partial charge in [0.05, 0.1) is 6.61 Å². The lowest BCUT2D eigenvalue weighted by atomic mass is 9.77. The van der Waals surface area contributed by atoms with Gasteiger partial charge in [-0.25, -0.2) is 0 Å². The Morgan fingerprint density at radius 2 is 1.43 bits per heavy atom. The Kier molecular flexibility index (Phi) is 6.75. The third kappa shape index (κ3) is 5.06. The van der Waals surface area contributed by atoms with Gasteiger partial charge in [-0.15, -0.1) is 0 Å². The van der Waals surface area contributed by atoms with Crippen LogP contribution in [-0.4, -0.2) is 6.61 Å². The molecule has 1 heteroatoms. The summed E-state index contributed by atoms with van der Waals surface area (Å²) >= 11 is 0. The minimum absolute atomic E-state index is 0.688. The van der Waals surface area contributed by atoms with E-state index >= 15 is 0 Å². The molecule has 30 heavy (non-hydrogen) atoms. The van der Waals surface area contributed by atoms with Gasteiger partial charge >= 0.3 is 0 Å². The van der Waals surface area contributed by atoms with Gasteiger partial charge in [-0.05, 0) is 97.2 Å². The Morgan fingerprint density at radius 3 is 2.17 bits per heavy atom. The summed E-state index contributed by atoms with van der Waals surface area (Å²) in [6.07, 6.45) is 8.22. The van der Waals surface area contributed by atoms with E-state index in [2.05, 4.69) is 73.4 Å². The van der Waals surface area contributed by atoms with Crippen LogP contribution < -0.4 is 4.74 Å². The Hall–Kier alpha value is -2.72. The Balaban J connectivity index is 1.42. The van der Waals surface area contributed by atoms with Gasteiger partial charge in [-0.3, -0.25) is 0 Å². The lowest BCUT2D eigenvalue weighted by molar-refractivity contribution is 0.308. The first-order valence-corrected chi connectivity index (χ1v) is 11.5. The van der Waals surface area contributed by atoms with Crippen LogP contribution in [0.1, 0.15) is 75.0 Å². The molecule has 0 aromatic heterocycles. The van der Waals surface area contributed by atoms with Crippen molar-refractivity contribution in [1.29, 1.82) is 0 Å². The van der Waals surface area contributed by atoms with Gasteiger partial charge in [-0.1, -0.05) is 55.9 Å². The Morgan fingerprint density at radius 1 is 0.767 bits per heavy atom. The molecule has 0 heterocycles. The van der Waals surface area contributed by atoms with Crippen LogP contribution in [-0.2, 0) is 0 Å². The number of rotatable bonds is 5. The zero-order valence-electron chi connectivity index (χ0n) is 18.3. The molecule has 0 spiro atoms. The van der Waals surface area contributed by atoms with E-state index in [0.717, 1.165) is 28.7 Å². The highest BCUT2D eigenvalue weighted by molar-refractivity contribution is 5.85. The van der Waals surface area contributed by atoms with E-state index in [0.29, 0.717) is 6.61 Å². The minimum Gasteiger partial charge on any atom is -0.494 e. The maximum atomic E-state index is 5.59. The summed E-state index contributed by atoms with van der Waals surface area (Å²) in [4.78, 5) is 0. The molecule has 0 radical (unpaired) electrons. The summed E-state index contributed by atoms with van der Waals surface area (Å²) in [5.41, 5.74) is 3.63. The molecule has 0 N–H and O–H groups in total. The topological polar surface area (TPSA) is 9.23 Å². The summed E-state index contributed by atoms with van der Waals surface area (Å²) in [7, 11) is 0. The number of ether oxygens (including phenoxy) is 1. The van der Waals surface area contributed by atoms with E-state index in [1.54, 1.807) is 0 Å². The minimum atomic E-state index is 0.688. The molecule has 0 aliphatic heterocycles. The van der Waals surface area contributed by atoms with Crippen LogP contribution >= 0.6 is 0 Å². The quantitative estimate of drug-likeness (QED) is 0.401. The monoisotopic (exact) mass is 396 g/mol. The Labute approximate surface area is 181 Å². The third-order valence-electron chi connectivity index (χ3n) is 6.40. The highest BCUT2D eigenvalue weighted by Gasteiger charge is 2.21. The van der Waals surface area contributed by atoms with Crippen molar-refractivity contribution in [2.45, 2.75) is 58.3 Å². The van der Waals surface area contributed by atoms with E-state index in [-0.39, 0.29) is 0 Å². The second kappa shape index (κ2) is 9.86. The molecule has 1 saturated carbocycles. The molecule has 3 aromatic rings. The average molecular weight is 397 g/mol. The lowest BCUT2D eigenvalue weighted by Crippen LogP contribution is -2.13. The van der Waals surface area contributed by atoms with Crippen LogP contribution in [0.5, 0.6) is 5.75 Å². The molecule has 0 saturated heterocycles. The molecule has 4 rings (SSSR count). The normalized spacial score (nSPS) is 18.6. The highest BCUT2D eigenvalue weighted by Crippen LogP contribution is 2.37. The molecule has 0 atom stereocenters. The predicted molar refractivity (Wildman–Crippen MR) is 127 cm³/mol. The molecule has 0 bridgehead atoms. The number of hydrogen-bond donors (Lipinski definition) is 0. The molecule has 1 aliphatic carbocycles. The zero-order chi connectivity index (χ0) is 20.8. The molecule has 1 aliphatic rings. The third-order valence-corrected chi connectivity index (χ3v) is 6.40. The molecule has 154 valence electrons. The summed E-state index contributed by atoms with van der Waals surface area (Å²) < 4.78 is 5.59. The largest absolute Gasteiger partial charge is 0.494 e. The second-order valence-electron chi connectivity index (χ2n) is 8.54. The smallest absolute Gasteiger partial charge is 0.119 e. The maximum Gasteiger partial charge on any atom is 0.119 e. The molecule has 1 nitrogen and oxygen atoms in total. The van der Waals surface area contributed by atoms with E-state index in [9.17, 15) is 0 Å². The van der Waals surface area contributed by atoms with E-state index in [1.807, 2.05) is 13.0 Å². The van der Waals surface area contributed by atoms with Gasteiger partial charge in [0.1, 0.15) is 5.75 Å². The maximum absolute atomic E-state index is 5.59. The molecular weight excluding hydrogens is 364 g/mol. The number of benzene rings is 3. The van der Waals surface area contributed by atoms with Crippen molar-refractivity contribution in [3.63, 3.8) is 0 Å². The average Bonchev–Trinajstić information content (AvgIpc) is 2.79. The van der Waals surface area contributed by atoms with Crippen LogP contribution in [0.3, 0.4) is 0 Å². The van der Waals surface area contributed by atoms with E-state index < -0.39 is 0 Å². The molecule has 3 aromatic carbocycles. The van der Waals surface area contributed by atoms with Crippen molar-refractivity contribution in [2.24, 2.45) is 5.92 Å². The fraction of sp³-hybridized carbons (Fsp3) is 0.379. The van der Waals surface area contributed by atoms with E-state index in [4.69, 9.17) is 4.74 Å². The second-order valence-corrected chi connectivity index (χ2v) is 8.54. The van der Waals surface area contributed by atoms with Crippen LogP contribution in [0.15, 0.2) is 60.7 Å². The predicted octanol–water partition coefficient (Wildman–Crippen LogP) is 7.71. The van der Waals surface area contributed by atoms with Crippen LogP contribution in [0.2, 0.25) is 0 Å². The van der Waals surface area contributed by atoms with Crippen LogP contribution in [0.4, 0.5) is 0 Å². The van der Waals surface area contributed by atoms with Crippen LogP contribution in [0, 0.1) is 17.8 Å². The van der Waals surface area contributed by atoms with Crippen molar-refractivity contribution < 1.29 is 4.74 Å². The highest BCUT2D eigenvalue weighted by atomic mass is 16.5. The van der Waals surface area contributed by atoms with Crippen molar-refractivity contribution in [2.75, 3.05) is 6.61 Å². The van der Waals surface area contributed by atoms with Crippen LogP contribution in [0.25, 0.3) is 10.8 Å². The summed E-state index contributed by atoms with van der Waals surface area (Å²) in [6, 6.07) is 21.6. The first-order valence-electron chi connectivity index (χ1n) is 11.5. The number of fused-ring (bicyclic) bond motifs is 1. The van der Waals surface area contributed by atoms with Gasteiger partial charge in [0.2, 0.25) is 0 Å². The van der Waals surface area contributed by atoms with E-state index in [1.165, 1.54) is 54.9 Å².